The second-order valence-corrected chi connectivity index (χ2v) is 5.36. The molecule has 1 aromatic carbocycles. The molecule has 0 aromatic heterocycles. The predicted molar refractivity (Wildman–Crippen MR) is 80.9 cm³/mol. The number of benzene rings is 1. The van der Waals surface area contributed by atoms with Crippen molar-refractivity contribution in [3.8, 4) is 5.75 Å². The average molecular weight is 319 g/mol. The van der Waals surface area contributed by atoms with Crippen molar-refractivity contribution in [1.82, 2.24) is 0 Å². The Morgan fingerprint density at radius 3 is 2.48 bits per heavy atom. The molecule has 0 heterocycles. The van der Waals surface area contributed by atoms with Crippen LogP contribution in [-0.2, 0) is 9.47 Å². The van der Waals surface area contributed by atoms with Gasteiger partial charge in [-0.05, 0) is 32.0 Å². The Morgan fingerprint density at radius 1 is 1.14 bits per heavy atom. The number of aliphatic hydroxyl groups is 2. The van der Waals surface area contributed by atoms with Crippen LogP contribution in [0.3, 0.4) is 0 Å². The van der Waals surface area contributed by atoms with Crippen LogP contribution in [0, 0.1) is 0 Å². The molecule has 0 spiro atoms. The SMILES string of the molecule is COCC(C)OCC(O)COc1ccc(Cl)cc1C(C)O. The molecule has 21 heavy (non-hydrogen) atoms. The van der Waals surface area contributed by atoms with E-state index in [0.717, 1.165) is 0 Å². The van der Waals surface area contributed by atoms with E-state index in [1.165, 1.54) is 0 Å². The molecule has 2 N–H and O–H groups in total. The van der Waals surface area contributed by atoms with Gasteiger partial charge >= 0.3 is 0 Å². The second kappa shape index (κ2) is 9.23. The van der Waals surface area contributed by atoms with E-state index in [0.29, 0.717) is 22.9 Å². The maximum absolute atomic E-state index is 9.83. The van der Waals surface area contributed by atoms with Gasteiger partial charge in [-0.25, -0.2) is 0 Å². The molecule has 0 saturated carbocycles. The minimum Gasteiger partial charge on any atom is -0.490 e. The molecular formula is C15H23ClO5. The summed E-state index contributed by atoms with van der Waals surface area (Å²) in [6.45, 7) is 4.19. The van der Waals surface area contributed by atoms with E-state index in [4.69, 9.17) is 25.8 Å². The summed E-state index contributed by atoms with van der Waals surface area (Å²) in [5.41, 5.74) is 0.586. The van der Waals surface area contributed by atoms with Crippen molar-refractivity contribution in [2.75, 3.05) is 26.9 Å². The van der Waals surface area contributed by atoms with Gasteiger partial charge in [-0.1, -0.05) is 11.6 Å². The standard InChI is InChI=1S/C15H23ClO5/c1-10(7-19-3)20-8-13(18)9-21-15-5-4-12(16)6-14(15)11(2)17/h4-6,10-11,13,17-18H,7-9H2,1-3H3. The first-order valence-corrected chi connectivity index (χ1v) is 7.20. The van der Waals surface area contributed by atoms with Crippen molar-refractivity contribution in [2.24, 2.45) is 0 Å². The summed E-state index contributed by atoms with van der Waals surface area (Å²) in [5, 5.41) is 20.0. The topological polar surface area (TPSA) is 68.2 Å². The first-order chi connectivity index (χ1) is 9.93. The van der Waals surface area contributed by atoms with Crippen LogP contribution in [0.15, 0.2) is 18.2 Å². The molecule has 1 rings (SSSR count). The van der Waals surface area contributed by atoms with Crippen molar-refractivity contribution < 1.29 is 24.4 Å². The maximum Gasteiger partial charge on any atom is 0.125 e. The number of aliphatic hydroxyl groups excluding tert-OH is 2. The Labute approximate surface area is 130 Å². The quantitative estimate of drug-likeness (QED) is 0.730. The van der Waals surface area contributed by atoms with Gasteiger partial charge in [0.1, 0.15) is 18.5 Å². The first kappa shape index (κ1) is 18.2. The smallest absolute Gasteiger partial charge is 0.125 e. The third kappa shape index (κ3) is 6.63. The number of hydrogen-bond acceptors (Lipinski definition) is 5. The van der Waals surface area contributed by atoms with Gasteiger partial charge in [-0.15, -0.1) is 0 Å². The van der Waals surface area contributed by atoms with Gasteiger partial charge in [-0.3, -0.25) is 0 Å². The molecule has 120 valence electrons. The minimum absolute atomic E-state index is 0.0705. The summed E-state index contributed by atoms with van der Waals surface area (Å²) in [5.74, 6) is 0.499. The van der Waals surface area contributed by atoms with E-state index < -0.39 is 12.2 Å². The Kier molecular flexibility index (Phi) is 8.00. The number of rotatable bonds is 9. The zero-order valence-corrected chi connectivity index (χ0v) is 13.3. The van der Waals surface area contributed by atoms with Crippen LogP contribution in [0.2, 0.25) is 5.02 Å². The molecule has 0 amide bonds. The van der Waals surface area contributed by atoms with E-state index in [2.05, 4.69) is 0 Å². The second-order valence-electron chi connectivity index (χ2n) is 4.92. The number of hydrogen-bond donors (Lipinski definition) is 2. The molecule has 6 heteroatoms. The van der Waals surface area contributed by atoms with Crippen LogP contribution >= 0.6 is 11.6 Å². The monoisotopic (exact) mass is 318 g/mol. The van der Waals surface area contributed by atoms with Crippen molar-refractivity contribution in [3.05, 3.63) is 28.8 Å². The lowest BCUT2D eigenvalue weighted by molar-refractivity contribution is -0.0424. The largest absolute Gasteiger partial charge is 0.490 e. The van der Waals surface area contributed by atoms with Gasteiger partial charge in [0.2, 0.25) is 0 Å². The van der Waals surface area contributed by atoms with Crippen LogP contribution in [0.25, 0.3) is 0 Å². The van der Waals surface area contributed by atoms with Crippen LogP contribution in [-0.4, -0.2) is 49.4 Å². The average Bonchev–Trinajstić information content (AvgIpc) is 2.44. The highest BCUT2D eigenvalue weighted by atomic mass is 35.5. The lowest BCUT2D eigenvalue weighted by Gasteiger charge is -2.18. The predicted octanol–water partition coefficient (Wildman–Crippen LogP) is 2.18. The number of ether oxygens (including phenoxy) is 3. The molecular weight excluding hydrogens is 296 g/mol. The zero-order valence-electron chi connectivity index (χ0n) is 12.6. The van der Waals surface area contributed by atoms with Gasteiger partial charge in [0.25, 0.3) is 0 Å². The molecule has 0 aliphatic carbocycles. The Hall–Kier alpha value is -0.850. The highest BCUT2D eigenvalue weighted by Crippen LogP contribution is 2.28. The zero-order chi connectivity index (χ0) is 15.8. The fourth-order valence-corrected chi connectivity index (χ4v) is 1.95. The van der Waals surface area contributed by atoms with Gasteiger partial charge < -0.3 is 24.4 Å². The molecule has 0 bridgehead atoms. The van der Waals surface area contributed by atoms with Crippen molar-refractivity contribution >= 4 is 11.6 Å². The molecule has 0 saturated heterocycles. The summed E-state index contributed by atoms with van der Waals surface area (Å²) < 4.78 is 15.9. The molecule has 3 unspecified atom stereocenters. The van der Waals surface area contributed by atoms with Gasteiger partial charge in [0.05, 0.1) is 25.4 Å². The molecule has 5 nitrogen and oxygen atoms in total. The molecule has 3 atom stereocenters. The Balaban J connectivity index is 2.47. The van der Waals surface area contributed by atoms with E-state index in [-0.39, 0.29) is 19.3 Å². The fraction of sp³-hybridized carbons (Fsp3) is 0.600. The normalized spacial score (nSPS) is 15.5. The van der Waals surface area contributed by atoms with Crippen LogP contribution in [0.5, 0.6) is 5.75 Å². The molecule has 0 aliphatic rings. The highest BCUT2D eigenvalue weighted by Gasteiger charge is 2.13. The summed E-state index contributed by atoms with van der Waals surface area (Å²) in [6.07, 6.45) is -1.55. The van der Waals surface area contributed by atoms with Gasteiger partial charge in [0, 0.05) is 17.7 Å². The van der Waals surface area contributed by atoms with Gasteiger partial charge in [0.15, 0.2) is 0 Å². The van der Waals surface area contributed by atoms with E-state index in [9.17, 15) is 10.2 Å². The third-order valence-electron chi connectivity index (χ3n) is 2.83. The number of methoxy groups -OCH3 is 1. The molecule has 0 fully saturated rings. The maximum atomic E-state index is 9.83. The van der Waals surface area contributed by atoms with E-state index in [1.54, 1.807) is 32.2 Å². The Bertz CT molecular complexity index is 425. The lowest BCUT2D eigenvalue weighted by atomic mass is 10.1. The summed E-state index contributed by atoms with van der Waals surface area (Å²) in [4.78, 5) is 0. The summed E-state index contributed by atoms with van der Waals surface area (Å²) in [6, 6.07) is 4.99. The van der Waals surface area contributed by atoms with Crippen LogP contribution in [0.4, 0.5) is 0 Å². The third-order valence-corrected chi connectivity index (χ3v) is 3.06. The number of halogens is 1. The Morgan fingerprint density at radius 2 is 1.86 bits per heavy atom. The summed E-state index contributed by atoms with van der Waals surface area (Å²) in [7, 11) is 1.59. The molecule has 0 aliphatic heterocycles. The van der Waals surface area contributed by atoms with Crippen LogP contribution < -0.4 is 4.74 Å². The minimum atomic E-state index is -0.762. The molecule has 1 aromatic rings. The van der Waals surface area contributed by atoms with Gasteiger partial charge in [-0.2, -0.15) is 0 Å². The van der Waals surface area contributed by atoms with E-state index in [1.807, 2.05) is 6.92 Å². The van der Waals surface area contributed by atoms with Crippen molar-refractivity contribution in [1.29, 1.82) is 0 Å². The first-order valence-electron chi connectivity index (χ1n) is 6.83. The summed E-state index contributed by atoms with van der Waals surface area (Å²) >= 11 is 5.89. The lowest BCUT2D eigenvalue weighted by Crippen LogP contribution is -2.27. The van der Waals surface area contributed by atoms with E-state index >= 15 is 0 Å². The van der Waals surface area contributed by atoms with Crippen molar-refractivity contribution in [2.45, 2.75) is 32.2 Å². The molecule has 0 radical (unpaired) electrons. The highest BCUT2D eigenvalue weighted by molar-refractivity contribution is 6.30. The fourth-order valence-electron chi connectivity index (χ4n) is 1.77. The van der Waals surface area contributed by atoms with Crippen molar-refractivity contribution in [3.63, 3.8) is 0 Å². The van der Waals surface area contributed by atoms with Crippen LogP contribution in [0.1, 0.15) is 25.5 Å².